The van der Waals surface area contributed by atoms with Crippen LogP contribution in [0.1, 0.15) is 25.7 Å². The van der Waals surface area contributed by atoms with Crippen molar-refractivity contribution < 1.29 is 4.92 Å². The van der Waals surface area contributed by atoms with Crippen molar-refractivity contribution >= 4 is 5.69 Å². The largest absolute Gasteiger partial charge is 0.308 e. The van der Waals surface area contributed by atoms with Crippen LogP contribution in [-0.4, -0.2) is 58.6 Å². The van der Waals surface area contributed by atoms with Gasteiger partial charge in [0, 0.05) is 38.3 Å². The molecule has 0 amide bonds. The number of rotatable bonds is 6. The molecule has 0 N–H and O–H groups in total. The van der Waals surface area contributed by atoms with Crippen molar-refractivity contribution in [2.24, 2.45) is 5.92 Å². The topological polar surface area (TPSA) is 71.6 Å². The molecule has 1 atom stereocenters. The summed E-state index contributed by atoms with van der Waals surface area (Å²) in [5.74, 6) is 0.713. The van der Waals surface area contributed by atoms with E-state index in [2.05, 4.69) is 9.80 Å². The average molecular weight is 334 g/mol. The van der Waals surface area contributed by atoms with Gasteiger partial charge in [-0.1, -0.05) is 6.42 Å². The molecule has 7 nitrogen and oxygen atoms in total. The number of piperidine rings is 1. The molecule has 24 heavy (non-hydrogen) atoms. The lowest BCUT2D eigenvalue weighted by molar-refractivity contribution is -0.385. The maximum Gasteiger partial charge on any atom is 0.285 e. The summed E-state index contributed by atoms with van der Waals surface area (Å²) in [6, 6.07) is 2.55. The highest BCUT2D eigenvalue weighted by Crippen LogP contribution is 2.19. The molecule has 0 saturated carbocycles. The molecule has 2 aliphatic heterocycles. The number of nitro groups is 1. The zero-order chi connectivity index (χ0) is 16.9. The van der Waals surface area contributed by atoms with Crippen molar-refractivity contribution in [1.82, 2.24) is 14.4 Å². The van der Waals surface area contributed by atoms with Crippen LogP contribution < -0.4 is 5.56 Å². The van der Waals surface area contributed by atoms with E-state index < -0.39 is 4.92 Å². The third kappa shape index (κ3) is 4.42. The van der Waals surface area contributed by atoms with Gasteiger partial charge >= 0.3 is 0 Å². The van der Waals surface area contributed by atoms with E-state index in [-0.39, 0.29) is 11.2 Å². The monoisotopic (exact) mass is 334 g/mol. The fourth-order valence-electron chi connectivity index (χ4n) is 3.82. The Hall–Kier alpha value is -1.73. The fraction of sp³-hybridized carbons (Fsp3) is 0.706. The number of hydrogen-bond acceptors (Lipinski definition) is 5. The highest BCUT2D eigenvalue weighted by Gasteiger charge is 2.24. The summed E-state index contributed by atoms with van der Waals surface area (Å²) in [4.78, 5) is 27.2. The van der Waals surface area contributed by atoms with Gasteiger partial charge in [-0.15, -0.1) is 0 Å². The number of nitrogens with zero attached hydrogens (tertiary/aromatic N) is 4. The van der Waals surface area contributed by atoms with Crippen LogP contribution in [0.25, 0.3) is 0 Å². The summed E-state index contributed by atoms with van der Waals surface area (Å²) in [7, 11) is 0. The average Bonchev–Trinajstić information content (AvgIpc) is 3.02. The summed E-state index contributed by atoms with van der Waals surface area (Å²) >= 11 is 0. The summed E-state index contributed by atoms with van der Waals surface area (Å²) in [5, 5.41) is 10.8. The van der Waals surface area contributed by atoms with E-state index in [4.69, 9.17) is 0 Å². The second-order valence-corrected chi connectivity index (χ2v) is 6.99. The predicted molar refractivity (Wildman–Crippen MR) is 92.2 cm³/mol. The van der Waals surface area contributed by atoms with E-state index >= 15 is 0 Å². The molecule has 0 unspecified atom stereocenters. The lowest BCUT2D eigenvalue weighted by Crippen LogP contribution is -2.35. The van der Waals surface area contributed by atoms with Crippen LogP contribution in [0.2, 0.25) is 0 Å². The molecule has 1 aromatic heterocycles. The molecule has 0 aromatic carbocycles. The first-order chi connectivity index (χ1) is 11.6. The molecule has 0 radical (unpaired) electrons. The van der Waals surface area contributed by atoms with Crippen molar-refractivity contribution in [1.29, 1.82) is 0 Å². The molecule has 3 heterocycles. The summed E-state index contributed by atoms with van der Waals surface area (Å²) in [6.45, 7) is 7.07. The fourth-order valence-corrected chi connectivity index (χ4v) is 3.82. The first-order valence-electron chi connectivity index (χ1n) is 8.91. The Balaban J connectivity index is 1.48. The molecule has 2 aliphatic rings. The number of aromatic nitrogens is 1. The zero-order valence-corrected chi connectivity index (χ0v) is 14.1. The van der Waals surface area contributed by atoms with E-state index in [1.807, 2.05) is 0 Å². The highest BCUT2D eigenvalue weighted by molar-refractivity contribution is 5.24. The minimum absolute atomic E-state index is 0.0287. The number of pyridine rings is 1. The van der Waals surface area contributed by atoms with Crippen LogP contribution >= 0.6 is 0 Å². The third-order valence-corrected chi connectivity index (χ3v) is 5.17. The Morgan fingerprint density at radius 3 is 2.62 bits per heavy atom. The van der Waals surface area contributed by atoms with E-state index in [1.54, 1.807) is 0 Å². The molecule has 2 saturated heterocycles. The molecular formula is C17H26N4O3. The summed E-state index contributed by atoms with van der Waals surface area (Å²) in [6.07, 6.45) is 6.58. The van der Waals surface area contributed by atoms with Gasteiger partial charge in [0.2, 0.25) is 0 Å². The maximum absolute atomic E-state index is 11.8. The standard InChI is InChI=1S/C17H26N4O3/c22-17-5-4-16(21(23)24)14-20(17)11-10-19-9-6-15(13-19)12-18-7-2-1-3-8-18/h4-5,14-15H,1-3,6-13H2/t15-/m1/s1. The van der Waals surface area contributed by atoms with Gasteiger partial charge in [-0.25, -0.2) is 0 Å². The van der Waals surface area contributed by atoms with Crippen LogP contribution in [-0.2, 0) is 6.54 Å². The Morgan fingerprint density at radius 1 is 1.08 bits per heavy atom. The molecule has 3 rings (SSSR count). The first kappa shape index (κ1) is 17.1. The maximum atomic E-state index is 11.8. The van der Waals surface area contributed by atoms with Crippen molar-refractivity contribution in [2.45, 2.75) is 32.2 Å². The smallest absolute Gasteiger partial charge is 0.285 e. The van der Waals surface area contributed by atoms with Gasteiger partial charge in [-0.05, 0) is 44.8 Å². The molecular weight excluding hydrogens is 308 g/mol. The molecule has 0 bridgehead atoms. The van der Waals surface area contributed by atoms with Crippen LogP contribution in [0.3, 0.4) is 0 Å². The van der Waals surface area contributed by atoms with Crippen molar-refractivity contribution in [2.75, 3.05) is 39.3 Å². The van der Waals surface area contributed by atoms with Gasteiger partial charge in [-0.2, -0.15) is 0 Å². The van der Waals surface area contributed by atoms with Gasteiger partial charge in [0.25, 0.3) is 11.2 Å². The van der Waals surface area contributed by atoms with Crippen LogP contribution in [0.4, 0.5) is 5.69 Å². The van der Waals surface area contributed by atoms with Crippen molar-refractivity contribution in [3.05, 3.63) is 38.8 Å². The quantitative estimate of drug-likeness (QED) is 0.583. The van der Waals surface area contributed by atoms with Gasteiger partial charge in [-0.3, -0.25) is 14.9 Å². The van der Waals surface area contributed by atoms with E-state index in [1.165, 1.54) is 68.2 Å². The predicted octanol–water partition coefficient (Wildman–Crippen LogP) is 1.56. The van der Waals surface area contributed by atoms with Gasteiger partial charge in [0.1, 0.15) is 0 Å². The minimum Gasteiger partial charge on any atom is -0.308 e. The lowest BCUT2D eigenvalue weighted by atomic mass is 10.1. The molecule has 7 heteroatoms. The third-order valence-electron chi connectivity index (χ3n) is 5.17. The van der Waals surface area contributed by atoms with Crippen molar-refractivity contribution in [3.8, 4) is 0 Å². The molecule has 0 aliphatic carbocycles. The SMILES string of the molecule is O=c1ccc([N+](=O)[O-])cn1CCN1CC[C@H](CN2CCCCC2)C1. The van der Waals surface area contributed by atoms with E-state index in [9.17, 15) is 14.9 Å². The van der Waals surface area contributed by atoms with Crippen LogP contribution in [0.15, 0.2) is 23.1 Å². The Morgan fingerprint density at radius 2 is 1.88 bits per heavy atom. The molecule has 1 aromatic rings. The van der Waals surface area contributed by atoms with Crippen LogP contribution in [0.5, 0.6) is 0 Å². The summed E-state index contributed by atoms with van der Waals surface area (Å²) < 4.78 is 1.45. The highest BCUT2D eigenvalue weighted by atomic mass is 16.6. The molecule has 132 valence electrons. The van der Waals surface area contributed by atoms with E-state index in [0.717, 1.165) is 19.6 Å². The Kier molecular flexibility index (Phi) is 5.63. The molecule has 0 spiro atoms. The zero-order valence-electron chi connectivity index (χ0n) is 14.1. The normalized spacial score (nSPS) is 22.8. The lowest BCUT2D eigenvalue weighted by Gasteiger charge is -2.29. The second-order valence-electron chi connectivity index (χ2n) is 6.99. The van der Waals surface area contributed by atoms with E-state index in [0.29, 0.717) is 12.5 Å². The Labute approximate surface area is 142 Å². The summed E-state index contributed by atoms with van der Waals surface area (Å²) in [5.41, 5.74) is -0.205. The molecule has 2 fully saturated rings. The van der Waals surface area contributed by atoms with Gasteiger partial charge in [0.05, 0.1) is 11.1 Å². The van der Waals surface area contributed by atoms with Gasteiger partial charge < -0.3 is 14.4 Å². The number of hydrogen-bond donors (Lipinski definition) is 0. The van der Waals surface area contributed by atoms with Crippen LogP contribution in [0, 0.1) is 16.0 Å². The number of likely N-dealkylation sites (tertiary alicyclic amines) is 2. The minimum atomic E-state index is -0.458. The first-order valence-corrected chi connectivity index (χ1v) is 8.91. The van der Waals surface area contributed by atoms with Gasteiger partial charge in [0.15, 0.2) is 0 Å². The van der Waals surface area contributed by atoms with Crippen molar-refractivity contribution in [3.63, 3.8) is 0 Å². The second kappa shape index (κ2) is 7.90. The Bertz CT molecular complexity index is 625.